The Bertz CT molecular complexity index is 932. The Morgan fingerprint density at radius 1 is 1.21 bits per heavy atom. The van der Waals surface area contributed by atoms with Crippen LogP contribution in [0.25, 0.3) is 5.57 Å². The highest BCUT2D eigenvalue weighted by Gasteiger charge is 2.39. The summed E-state index contributed by atoms with van der Waals surface area (Å²) in [6, 6.07) is 11.5. The number of hydrogen-bond donors (Lipinski definition) is 0. The first-order valence-corrected chi connectivity index (χ1v) is 9.37. The fourth-order valence-corrected chi connectivity index (χ4v) is 3.79. The summed E-state index contributed by atoms with van der Waals surface area (Å²) in [6.45, 7) is 0.865. The van der Waals surface area contributed by atoms with Crippen molar-refractivity contribution in [2.24, 2.45) is 0 Å². The smallest absolute Gasteiger partial charge is 0.411 e. The lowest BCUT2D eigenvalue weighted by Gasteiger charge is -2.43. The van der Waals surface area contributed by atoms with Crippen LogP contribution >= 0.6 is 0 Å². The molecule has 1 fully saturated rings. The van der Waals surface area contributed by atoms with E-state index in [-0.39, 0.29) is 24.4 Å². The van der Waals surface area contributed by atoms with Gasteiger partial charge in [-0.2, -0.15) is 4.39 Å². The molecule has 0 aromatic heterocycles. The van der Waals surface area contributed by atoms with Crippen LogP contribution in [-0.4, -0.2) is 43.4 Å². The van der Waals surface area contributed by atoms with Crippen LogP contribution in [0.15, 0.2) is 48.5 Å². The van der Waals surface area contributed by atoms with Crippen LogP contribution in [0.3, 0.4) is 0 Å². The van der Waals surface area contributed by atoms with Gasteiger partial charge in [0, 0.05) is 0 Å². The van der Waals surface area contributed by atoms with Gasteiger partial charge in [-0.15, -0.1) is 0 Å². The summed E-state index contributed by atoms with van der Waals surface area (Å²) in [5, 5.41) is 0. The Hall–Kier alpha value is -2.93. The van der Waals surface area contributed by atoms with Gasteiger partial charge < -0.3 is 14.2 Å². The molecule has 0 spiro atoms. The molecular formula is C22H21F2NO4. The Balaban J connectivity index is 1.54. The van der Waals surface area contributed by atoms with E-state index in [9.17, 15) is 13.6 Å². The molecule has 0 radical (unpaired) electrons. The third kappa shape index (κ3) is 3.96. The largest absolute Gasteiger partial charge is 0.494 e. The molecule has 2 bridgehead atoms. The molecule has 2 aromatic carbocycles. The summed E-state index contributed by atoms with van der Waals surface area (Å²) in [7, 11) is 1.30. The van der Waals surface area contributed by atoms with Gasteiger partial charge in [0.05, 0.1) is 32.4 Å². The number of hydrogen-bond acceptors (Lipinski definition) is 4. The minimum absolute atomic E-state index is 0.146. The van der Waals surface area contributed by atoms with E-state index in [1.807, 2.05) is 36.4 Å². The van der Waals surface area contributed by atoms with Crippen molar-refractivity contribution in [2.75, 3.05) is 20.3 Å². The van der Waals surface area contributed by atoms with Gasteiger partial charge in [-0.3, -0.25) is 4.90 Å². The highest BCUT2D eigenvalue weighted by molar-refractivity contribution is 5.75. The first-order valence-electron chi connectivity index (χ1n) is 9.37. The zero-order valence-corrected chi connectivity index (χ0v) is 15.9. The predicted molar refractivity (Wildman–Crippen MR) is 102 cm³/mol. The number of benzene rings is 2. The second-order valence-corrected chi connectivity index (χ2v) is 7.08. The fraction of sp³-hybridized carbons (Fsp3) is 0.318. The topological polar surface area (TPSA) is 48.0 Å². The van der Waals surface area contributed by atoms with Gasteiger partial charge in [0.2, 0.25) is 5.82 Å². The number of carbonyl (C=O) groups excluding carboxylic acids is 1. The summed E-state index contributed by atoms with van der Waals surface area (Å²) in [4.78, 5) is 14.4. The van der Waals surface area contributed by atoms with Crippen molar-refractivity contribution < 1.29 is 27.8 Å². The molecule has 0 aliphatic carbocycles. The van der Waals surface area contributed by atoms with Gasteiger partial charge in [-0.25, -0.2) is 9.18 Å². The van der Waals surface area contributed by atoms with Gasteiger partial charge in [0.15, 0.2) is 11.6 Å². The zero-order chi connectivity index (χ0) is 20.4. The first kappa shape index (κ1) is 19.4. The molecule has 1 amide bonds. The monoisotopic (exact) mass is 401 g/mol. The highest BCUT2D eigenvalue weighted by atomic mass is 19.2. The molecule has 29 heavy (non-hydrogen) atoms. The lowest BCUT2D eigenvalue weighted by atomic mass is 9.90. The average Bonchev–Trinajstić information content (AvgIpc) is 2.73. The van der Waals surface area contributed by atoms with E-state index >= 15 is 0 Å². The number of nitrogens with zero attached hydrogens (tertiary/aromatic N) is 1. The van der Waals surface area contributed by atoms with Crippen LogP contribution in [0.1, 0.15) is 17.5 Å². The molecule has 0 N–H and O–H groups in total. The highest BCUT2D eigenvalue weighted by Crippen LogP contribution is 2.35. The standard InChI is InChI=1S/C22H21F2NO4/c1-27-20-10-16(9-19(23)21(20)24)15-7-17-12-28-13-18(8-15)25(17)22(26)29-11-14-5-3-2-4-6-14/h2-7,9-10,17-18H,8,11-13H2,1H3. The first-order chi connectivity index (χ1) is 14.1. The summed E-state index contributed by atoms with van der Waals surface area (Å²) in [5.41, 5.74) is 2.27. The van der Waals surface area contributed by atoms with E-state index in [4.69, 9.17) is 14.2 Å². The molecule has 152 valence electrons. The van der Waals surface area contributed by atoms with Gasteiger partial charge in [-0.1, -0.05) is 36.4 Å². The molecule has 2 heterocycles. The maximum atomic E-state index is 13.9. The fourth-order valence-electron chi connectivity index (χ4n) is 3.79. The molecule has 1 saturated heterocycles. The number of rotatable bonds is 4. The Labute approximate surface area is 167 Å². The van der Waals surface area contributed by atoms with Gasteiger partial charge in [0.1, 0.15) is 6.61 Å². The molecule has 4 rings (SSSR count). The van der Waals surface area contributed by atoms with E-state index in [1.165, 1.54) is 13.2 Å². The number of morpholine rings is 1. The molecule has 7 heteroatoms. The van der Waals surface area contributed by atoms with Crippen molar-refractivity contribution in [1.29, 1.82) is 0 Å². The third-order valence-corrected chi connectivity index (χ3v) is 5.20. The van der Waals surface area contributed by atoms with Crippen LogP contribution < -0.4 is 4.74 Å². The number of fused-ring (bicyclic) bond motifs is 2. The van der Waals surface area contributed by atoms with E-state index in [0.717, 1.165) is 17.2 Å². The maximum Gasteiger partial charge on any atom is 0.411 e. The second-order valence-electron chi connectivity index (χ2n) is 7.08. The van der Waals surface area contributed by atoms with Crippen molar-refractivity contribution in [2.45, 2.75) is 25.1 Å². The minimum atomic E-state index is -1.01. The van der Waals surface area contributed by atoms with Crippen LogP contribution in [0.2, 0.25) is 0 Å². The molecule has 2 aliphatic rings. The molecule has 2 aliphatic heterocycles. The Morgan fingerprint density at radius 3 is 2.72 bits per heavy atom. The van der Waals surface area contributed by atoms with Crippen molar-refractivity contribution in [3.63, 3.8) is 0 Å². The molecule has 2 aromatic rings. The summed E-state index contributed by atoms with van der Waals surface area (Å²) in [6.07, 6.45) is 1.89. The molecule has 2 unspecified atom stereocenters. The average molecular weight is 401 g/mol. The normalized spacial score (nSPS) is 20.8. The van der Waals surface area contributed by atoms with Gasteiger partial charge in [-0.05, 0) is 35.3 Å². The number of methoxy groups -OCH3 is 1. The van der Waals surface area contributed by atoms with Gasteiger partial charge >= 0.3 is 6.09 Å². The van der Waals surface area contributed by atoms with Gasteiger partial charge in [0.25, 0.3) is 0 Å². The molecular weight excluding hydrogens is 380 g/mol. The maximum absolute atomic E-state index is 13.9. The number of halogens is 2. The second kappa shape index (κ2) is 8.21. The van der Waals surface area contributed by atoms with Crippen molar-refractivity contribution >= 4 is 11.7 Å². The van der Waals surface area contributed by atoms with Crippen molar-refractivity contribution in [3.05, 3.63) is 71.3 Å². The predicted octanol–water partition coefficient (Wildman–Crippen LogP) is 4.17. The Kier molecular flexibility index (Phi) is 5.49. The van der Waals surface area contributed by atoms with Crippen LogP contribution in [-0.2, 0) is 16.1 Å². The van der Waals surface area contributed by atoms with E-state index in [0.29, 0.717) is 25.2 Å². The Morgan fingerprint density at radius 2 is 2.00 bits per heavy atom. The number of carbonyl (C=O) groups is 1. The van der Waals surface area contributed by atoms with Crippen molar-refractivity contribution in [3.8, 4) is 5.75 Å². The lowest BCUT2D eigenvalue weighted by molar-refractivity contribution is -0.0342. The number of ether oxygens (including phenoxy) is 3. The minimum Gasteiger partial charge on any atom is -0.494 e. The lowest BCUT2D eigenvalue weighted by Crippen LogP contribution is -2.56. The van der Waals surface area contributed by atoms with Crippen molar-refractivity contribution in [1.82, 2.24) is 4.90 Å². The van der Waals surface area contributed by atoms with E-state index in [2.05, 4.69) is 0 Å². The SMILES string of the molecule is COc1cc(C2=CC3COCC(C2)N3C(=O)OCc2ccccc2)cc(F)c1F. The molecule has 2 atom stereocenters. The summed E-state index contributed by atoms with van der Waals surface area (Å²) < 4.78 is 43.7. The van der Waals surface area contributed by atoms with E-state index < -0.39 is 17.7 Å². The molecule has 5 nitrogen and oxygen atoms in total. The number of amides is 1. The van der Waals surface area contributed by atoms with Crippen LogP contribution in [0.5, 0.6) is 5.75 Å². The third-order valence-electron chi connectivity index (χ3n) is 5.20. The summed E-state index contributed by atoms with van der Waals surface area (Å²) in [5.74, 6) is -2.12. The zero-order valence-electron chi connectivity index (χ0n) is 15.9. The van der Waals surface area contributed by atoms with Crippen LogP contribution in [0.4, 0.5) is 13.6 Å². The summed E-state index contributed by atoms with van der Waals surface area (Å²) >= 11 is 0. The van der Waals surface area contributed by atoms with E-state index in [1.54, 1.807) is 4.90 Å². The quantitative estimate of drug-likeness (QED) is 0.772. The molecule has 0 saturated carbocycles. The van der Waals surface area contributed by atoms with Crippen LogP contribution in [0, 0.1) is 11.6 Å².